The highest BCUT2D eigenvalue weighted by atomic mass is 16.5. The minimum atomic E-state index is -0.266. The van der Waals surface area contributed by atoms with Gasteiger partial charge >= 0.3 is 5.97 Å². The molecule has 4 nitrogen and oxygen atoms in total. The zero-order chi connectivity index (χ0) is 16.3. The Morgan fingerprint density at radius 3 is 2.46 bits per heavy atom. The Hall–Kier alpha value is -1.32. The molecule has 6 rings (SSSR count). The lowest BCUT2D eigenvalue weighted by molar-refractivity contribution is -0.162. The first-order valence-corrected chi connectivity index (χ1v) is 9.77. The lowest BCUT2D eigenvalue weighted by Crippen LogP contribution is -2.61. The number of cyclic esters (lactones) is 1. The zero-order valence-electron chi connectivity index (χ0n) is 14.2. The highest BCUT2D eigenvalue weighted by Gasteiger charge is 2.53. The zero-order valence-corrected chi connectivity index (χ0v) is 14.2. The van der Waals surface area contributed by atoms with Crippen LogP contribution in [-0.2, 0) is 14.3 Å². The maximum Gasteiger partial charge on any atom is 0.310 e. The van der Waals surface area contributed by atoms with Gasteiger partial charge in [0.2, 0.25) is 5.91 Å². The van der Waals surface area contributed by atoms with Crippen molar-refractivity contribution in [2.75, 3.05) is 6.61 Å². The summed E-state index contributed by atoms with van der Waals surface area (Å²) >= 11 is 0. The maximum absolute atomic E-state index is 13.1. The summed E-state index contributed by atoms with van der Waals surface area (Å²) in [5, 5.41) is 3.47. The summed E-state index contributed by atoms with van der Waals surface area (Å²) in [6, 6.07) is 0. The Bertz CT molecular complexity index is 560. The third-order valence-electron chi connectivity index (χ3n) is 7.40. The van der Waals surface area contributed by atoms with Crippen LogP contribution in [0.1, 0.15) is 51.4 Å². The van der Waals surface area contributed by atoms with Crippen LogP contribution in [0.25, 0.3) is 0 Å². The number of hydrogen-bond acceptors (Lipinski definition) is 3. The van der Waals surface area contributed by atoms with E-state index in [0.29, 0.717) is 13.0 Å². The first-order valence-electron chi connectivity index (χ1n) is 9.77. The Kier molecular flexibility index (Phi) is 3.33. The normalized spacial score (nSPS) is 48.8. The molecule has 1 saturated heterocycles. The predicted molar refractivity (Wildman–Crippen MR) is 88.8 cm³/mol. The lowest BCUT2D eigenvalue weighted by atomic mass is 9.53. The topological polar surface area (TPSA) is 55.4 Å². The van der Waals surface area contributed by atoms with Crippen LogP contribution in [0, 0.1) is 35.5 Å². The van der Waals surface area contributed by atoms with Gasteiger partial charge in [0, 0.05) is 5.54 Å². The van der Waals surface area contributed by atoms with Crippen LogP contribution in [-0.4, -0.2) is 24.0 Å². The van der Waals surface area contributed by atoms with Gasteiger partial charge in [0.25, 0.3) is 0 Å². The molecule has 24 heavy (non-hydrogen) atoms. The number of ether oxygens (including phenoxy) is 1. The minimum absolute atomic E-state index is 0.0288. The lowest BCUT2D eigenvalue weighted by Gasteiger charge is -2.57. The monoisotopic (exact) mass is 329 g/mol. The van der Waals surface area contributed by atoms with E-state index in [2.05, 4.69) is 17.5 Å². The fourth-order valence-electron chi connectivity index (χ4n) is 6.86. The Morgan fingerprint density at radius 2 is 1.79 bits per heavy atom. The number of esters is 1. The van der Waals surface area contributed by atoms with Gasteiger partial charge in [0.1, 0.15) is 0 Å². The molecule has 0 aromatic heterocycles. The summed E-state index contributed by atoms with van der Waals surface area (Å²) in [7, 11) is 0. The summed E-state index contributed by atoms with van der Waals surface area (Å²) in [5.74, 6) is 2.07. The Balaban J connectivity index is 1.35. The second-order valence-electron chi connectivity index (χ2n) is 9.10. The summed E-state index contributed by atoms with van der Waals surface area (Å²) in [4.78, 5) is 25.4. The van der Waals surface area contributed by atoms with Crippen LogP contribution in [0.3, 0.4) is 0 Å². The van der Waals surface area contributed by atoms with Crippen molar-refractivity contribution in [1.29, 1.82) is 0 Å². The smallest absolute Gasteiger partial charge is 0.310 e. The summed E-state index contributed by atoms with van der Waals surface area (Å²) in [6.07, 6.45) is 13.4. The maximum atomic E-state index is 13.1. The molecule has 3 atom stereocenters. The number of carbonyl (C=O) groups excluding carboxylic acids is 2. The molecule has 1 heterocycles. The number of carbonyl (C=O) groups is 2. The molecule has 6 aliphatic rings. The molecule has 1 N–H and O–H groups in total. The van der Waals surface area contributed by atoms with Gasteiger partial charge in [-0.15, -0.1) is 0 Å². The van der Waals surface area contributed by atoms with Crippen LogP contribution in [0.5, 0.6) is 0 Å². The van der Waals surface area contributed by atoms with Crippen molar-refractivity contribution in [3.63, 3.8) is 0 Å². The molecule has 4 saturated carbocycles. The van der Waals surface area contributed by atoms with Crippen LogP contribution >= 0.6 is 0 Å². The van der Waals surface area contributed by atoms with E-state index in [0.717, 1.165) is 43.4 Å². The molecule has 0 aromatic rings. The fraction of sp³-hybridized carbons (Fsp3) is 0.800. The number of hydrogen-bond donors (Lipinski definition) is 1. The van der Waals surface area contributed by atoms with Crippen molar-refractivity contribution in [3.05, 3.63) is 12.2 Å². The van der Waals surface area contributed by atoms with Gasteiger partial charge in [-0.3, -0.25) is 9.59 Å². The number of rotatable bonds is 2. The van der Waals surface area contributed by atoms with Crippen molar-refractivity contribution >= 4 is 11.9 Å². The van der Waals surface area contributed by atoms with Crippen LogP contribution < -0.4 is 5.32 Å². The first-order chi connectivity index (χ1) is 11.6. The molecular weight excluding hydrogens is 302 g/mol. The minimum Gasteiger partial charge on any atom is -0.465 e. The van der Waals surface area contributed by atoms with Gasteiger partial charge < -0.3 is 10.1 Å². The van der Waals surface area contributed by atoms with Gasteiger partial charge in [0.15, 0.2) is 0 Å². The van der Waals surface area contributed by atoms with Crippen molar-refractivity contribution in [2.24, 2.45) is 35.5 Å². The van der Waals surface area contributed by atoms with Gasteiger partial charge in [-0.1, -0.05) is 12.2 Å². The molecule has 0 unspecified atom stereocenters. The van der Waals surface area contributed by atoms with E-state index in [1.54, 1.807) is 0 Å². The molecule has 130 valence electrons. The molecule has 5 fully saturated rings. The van der Waals surface area contributed by atoms with Crippen LogP contribution in [0.2, 0.25) is 0 Å². The third kappa shape index (κ3) is 2.33. The van der Waals surface area contributed by atoms with E-state index in [9.17, 15) is 9.59 Å². The summed E-state index contributed by atoms with van der Waals surface area (Å²) < 4.78 is 5.27. The largest absolute Gasteiger partial charge is 0.465 e. The second kappa shape index (κ2) is 5.34. The van der Waals surface area contributed by atoms with Crippen molar-refractivity contribution < 1.29 is 14.3 Å². The number of amides is 1. The number of allylic oxidation sites excluding steroid dienone is 2. The summed E-state index contributed by atoms with van der Waals surface area (Å²) in [6.45, 7) is 0.494. The molecule has 0 radical (unpaired) electrons. The van der Waals surface area contributed by atoms with E-state index in [4.69, 9.17) is 4.74 Å². The average Bonchev–Trinajstić information content (AvgIpc) is 2.53. The SMILES string of the molecule is O=C1OCC[C@H]2C=CC[C@@H](C(=O)NC34CC5CC(CC(C5)C3)C4)[C@@H]12. The molecule has 1 amide bonds. The molecule has 4 heteroatoms. The molecule has 1 aliphatic heterocycles. The first kappa shape index (κ1) is 15.0. The molecule has 5 aliphatic carbocycles. The van der Waals surface area contributed by atoms with Crippen LogP contribution in [0.15, 0.2) is 12.2 Å². The van der Waals surface area contributed by atoms with Crippen molar-refractivity contribution in [3.8, 4) is 0 Å². The van der Waals surface area contributed by atoms with E-state index in [-0.39, 0.29) is 35.2 Å². The van der Waals surface area contributed by atoms with Gasteiger partial charge in [-0.05, 0) is 75.0 Å². The van der Waals surface area contributed by atoms with Crippen molar-refractivity contribution in [1.82, 2.24) is 5.32 Å². The quantitative estimate of drug-likeness (QED) is 0.626. The molecular formula is C20H27NO3. The van der Waals surface area contributed by atoms with Crippen LogP contribution in [0.4, 0.5) is 0 Å². The van der Waals surface area contributed by atoms with Crippen molar-refractivity contribution in [2.45, 2.75) is 56.9 Å². The Morgan fingerprint density at radius 1 is 1.12 bits per heavy atom. The highest BCUT2D eigenvalue weighted by molar-refractivity contribution is 5.87. The highest BCUT2D eigenvalue weighted by Crippen LogP contribution is 2.55. The Labute approximate surface area is 143 Å². The predicted octanol–water partition coefficient (Wildman–Crippen LogP) is 2.83. The van der Waals surface area contributed by atoms with E-state index < -0.39 is 0 Å². The van der Waals surface area contributed by atoms with Gasteiger partial charge in [0.05, 0.1) is 18.4 Å². The number of fused-ring (bicyclic) bond motifs is 1. The second-order valence-corrected chi connectivity index (χ2v) is 9.10. The van der Waals surface area contributed by atoms with Gasteiger partial charge in [-0.2, -0.15) is 0 Å². The fourth-order valence-corrected chi connectivity index (χ4v) is 6.86. The molecule has 0 aromatic carbocycles. The molecule has 0 spiro atoms. The number of nitrogens with one attached hydrogen (secondary N) is 1. The summed E-state index contributed by atoms with van der Waals surface area (Å²) in [5.41, 5.74) is 0.0288. The van der Waals surface area contributed by atoms with E-state index in [1.807, 2.05) is 0 Å². The van der Waals surface area contributed by atoms with E-state index in [1.165, 1.54) is 19.3 Å². The molecule has 4 bridgehead atoms. The average molecular weight is 329 g/mol. The standard InChI is InChI=1S/C20H27NO3/c22-18(16-3-1-2-15-4-5-24-19(23)17(15)16)21-20-9-12-6-13(10-20)8-14(7-12)11-20/h1-2,12-17H,3-11H2,(H,21,22)/t12?,13?,14?,15-,16-,17+,20?/m1/s1. The third-order valence-corrected chi connectivity index (χ3v) is 7.40. The van der Waals surface area contributed by atoms with Gasteiger partial charge in [-0.25, -0.2) is 0 Å². The van der Waals surface area contributed by atoms with E-state index >= 15 is 0 Å².